The Hall–Kier alpha value is -2.13. The van der Waals surface area contributed by atoms with Crippen molar-refractivity contribution in [3.05, 3.63) is 64.7 Å². The van der Waals surface area contributed by atoms with Crippen LogP contribution in [0.5, 0.6) is 5.75 Å². The number of aliphatic hydroxyl groups is 1. The molecule has 0 radical (unpaired) electrons. The average molecular weight is 384 g/mol. The van der Waals surface area contributed by atoms with Crippen LogP contribution < -0.4 is 4.74 Å². The van der Waals surface area contributed by atoms with E-state index < -0.39 is 15.9 Å². The van der Waals surface area contributed by atoms with Crippen molar-refractivity contribution in [3.8, 4) is 11.8 Å². The van der Waals surface area contributed by atoms with Gasteiger partial charge in [0.1, 0.15) is 17.9 Å². The summed E-state index contributed by atoms with van der Waals surface area (Å²) in [5.41, 5.74) is 2.58. The summed E-state index contributed by atoms with van der Waals surface area (Å²) >= 11 is 0. The first-order valence-electron chi connectivity index (χ1n) is 9.08. The molecule has 0 aromatic heterocycles. The molecule has 27 heavy (non-hydrogen) atoms. The van der Waals surface area contributed by atoms with E-state index in [-0.39, 0.29) is 10.6 Å². The Morgan fingerprint density at radius 2 is 1.59 bits per heavy atom. The van der Waals surface area contributed by atoms with E-state index in [1.165, 1.54) is 7.11 Å². The third kappa shape index (κ3) is 5.42. The van der Waals surface area contributed by atoms with Crippen LogP contribution in [0.2, 0.25) is 5.04 Å². The minimum Gasteiger partial charge on any atom is -0.495 e. The quantitative estimate of drug-likeness (QED) is 0.759. The van der Waals surface area contributed by atoms with Gasteiger partial charge in [-0.1, -0.05) is 51.1 Å². The molecular weight excluding hydrogens is 354 g/mol. The Kier molecular flexibility index (Phi) is 6.48. The molecule has 5 heteroatoms. The molecule has 0 saturated carbocycles. The molecule has 4 nitrogen and oxygen atoms in total. The summed E-state index contributed by atoms with van der Waals surface area (Å²) in [5.74, 6) is 0.505. The van der Waals surface area contributed by atoms with Crippen LogP contribution in [-0.2, 0) is 10.0 Å². The van der Waals surface area contributed by atoms with E-state index >= 15 is 0 Å². The van der Waals surface area contributed by atoms with Crippen molar-refractivity contribution in [1.82, 2.24) is 0 Å². The normalized spacial score (nSPS) is 13.6. The van der Waals surface area contributed by atoms with Gasteiger partial charge in [-0.05, 0) is 47.7 Å². The Morgan fingerprint density at radius 1 is 1.00 bits per heavy atom. The van der Waals surface area contributed by atoms with Crippen molar-refractivity contribution in [1.29, 1.82) is 5.26 Å². The van der Waals surface area contributed by atoms with Crippen LogP contribution in [0.1, 0.15) is 63.0 Å². The molecule has 2 aromatic rings. The number of rotatable bonds is 6. The fraction of sp³-hybridized carbons (Fsp3) is 0.409. The maximum Gasteiger partial charge on any atom is 0.168 e. The maximum atomic E-state index is 10.7. The van der Waals surface area contributed by atoms with E-state index in [1.54, 1.807) is 18.2 Å². The first-order chi connectivity index (χ1) is 12.6. The molecular formula is C22H29NO3Si. The molecule has 0 aliphatic rings. The summed E-state index contributed by atoms with van der Waals surface area (Å²) < 4.78 is 11.4. The molecule has 1 unspecified atom stereocenters. The molecule has 0 amide bonds. The summed E-state index contributed by atoms with van der Waals surface area (Å²) in [6.45, 7) is 10.8. The number of methoxy groups -OCH3 is 1. The fourth-order valence-electron chi connectivity index (χ4n) is 2.72. The maximum absolute atomic E-state index is 10.7. The number of nitriles is 1. The molecule has 2 rings (SSSR count). The highest BCUT2D eigenvalue weighted by Crippen LogP contribution is 2.31. The van der Waals surface area contributed by atoms with E-state index in [4.69, 9.17) is 9.16 Å². The minimum absolute atomic E-state index is 0.236. The van der Waals surface area contributed by atoms with E-state index in [2.05, 4.69) is 40.7 Å². The highest BCUT2D eigenvalue weighted by molar-refractivity contribution is 6.31. The van der Waals surface area contributed by atoms with E-state index in [9.17, 15) is 10.4 Å². The number of ether oxygens (including phenoxy) is 1. The number of benzene rings is 2. The number of nitrogens with zero attached hydrogens (tertiary/aromatic N) is 1. The van der Waals surface area contributed by atoms with Crippen molar-refractivity contribution in [3.63, 3.8) is 0 Å². The monoisotopic (exact) mass is 383 g/mol. The highest BCUT2D eigenvalue weighted by atomic mass is 28.2. The lowest BCUT2D eigenvalue weighted by molar-refractivity contribution is 0.109. The van der Waals surface area contributed by atoms with Crippen molar-refractivity contribution in [2.24, 2.45) is 0 Å². The van der Waals surface area contributed by atoms with Crippen molar-refractivity contribution in [2.45, 2.75) is 51.4 Å². The third-order valence-electron chi connectivity index (χ3n) is 4.45. The Bertz CT molecular complexity index is 817. The predicted octanol–water partition coefficient (Wildman–Crippen LogP) is 4.20. The molecule has 0 aliphatic carbocycles. The van der Waals surface area contributed by atoms with Gasteiger partial charge in [0.2, 0.25) is 0 Å². The molecule has 0 heterocycles. The Balaban J connectivity index is 2.20. The first-order valence-corrected chi connectivity index (χ1v) is 10.4. The van der Waals surface area contributed by atoms with Gasteiger partial charge in [0.05, 0.1) is 18.3 Å². The summed E-state index contributed by atoms with van der Waals surface area (Å²) in [6, 6.07) is 15.1. The molecule has 0 bridgehead atoms. The van der Waals surface area contributed by atoms with Gasteiger partial charge in [0.15, 0.2) is 9.76 Å². The zero-order chi connectivity index (χ0) is 20.2. The largest absolute Gasteiger partial charge is 0.495 e. The predicted molar refractivity (Wildman–Crippen MR) is 111 cm³/mol. The lowest BCUT2D eigenvalue weighted by Crippen LogP contribution is -2.27. The highest BCUT2D eigenvalue weighted by Gasteiger charge is 2.24. The van der Waals surface area contributed by atoms with Gasteiger partial charge < -0.3 is 14.3 Å². The van der Waals surface area contributed by atoms with Crippen LogP contribution >= 0.6 is 0 Å². The zero-order valence-corrected chi connectivity index (χ0v) is 18.5. The van der Waals surface area contributed by atoms with Gasteiger partial charge in [-0.25, -0.2) is 0 Å². The summed E-state index contributed by atoms with van der Waals surface area (Å²) in [4.78, 5) is 0. The molecule has 1 atom stereocenters. The van der Waals surface area contributed by atoms with Crippen LogP contribution in [0.15, 0.2) is 42.5 Å². The fourth-order valence-corrected chi connectivity index (χ4v) is 3.68. The van der Waals surface area contributed by atoms with Crippen LogP contribution in [0.25, 0.3) is 0 Å². The summed E-state index contributed by atoms with van der Waals surface area (Å²) in [6.07, 6.45) is -0.801. The lowest BCUT2D eigenvalue weighted by Gasteiger charge is -2.30. The molecule has 0 aliphatic heterocycles. The van der Waals surface area contributed by atoms with Crippen molar-refractivity contribution >= 4 is 9.76 Å². The zero-order valence-electron chi connectivity index (χ0n) is 17.0. The topological polar surface area (TPSA) is 62.5 Å². The van der Waals surface area contributed by atoms with Gasteiger partial charge in [0, 0.05) is 0 Å². The number of hydrogen-bond acceptors (Lipinski definition) is 4. The van der Waals surface area contributed by atoms with Gasteiger partial charge in [-0.2, -0.15) is 5.26 Å². The van der Waals surface area contributed by atoms with Crippen LogP contribution in [-0.4, -0.2) is 22.0 Å². The molecule has 144 valence electrons. The second kappa shape index (κ2) is 8.26. The minimum atomic E-state index is -0.801. The van der Waals surface area contributed by atoms with Gasteiger partial charge in [-0.15, -0.1) is 0 Å². The third-order valence-corrected chi connectivity index (χ3v) is 6.18. The van der Waals surface area contributed by atoms with Crippen LogP contribution in [0.3, 0.4) is 0 Å². The summed E-state index contributed by atoms with van der Waals surface area (Å²) in [7, 11) is 0.854. The number of hydrogen-bond donors (Lipinski definition) is 1. The molecule has 0 saturated heterocycles. The van der Waals surface area contributed by atoms with Crippen LogP contribution in [0.4, 0.5) is 0 Å². The summed E-state index contributed by atoms with van der Waals surface area (Å²) in [5, 5.41) is 20.2. The molecule has 1 N–H and O–H groups in total. The van der Waals surface area contributed by atoms with E-state index in [1.807, 2.05) is 24.3 Å². The number of aliphatic hydroxyl groups excluding tert-OH is 1. The average Bonchev–Trinajstić information content (AvgIpc) is 2.65. The first kappa shape index (κ1) is 21.2. The molecule has 2 aromatic carbocycles. The van der Waals surface area contributed by atoms with Gasteiger partial charge in [0.25, 0.3) is 0 Å². The van der Waals surface area contributed by atoms with Crippen molar-refractivity contribution < 1.29 is 14.3 Å². The Labute approximate surface area is 164 Å². The lowest BCUT2D eigenvalue weighted by atomic mass is 9.94. The van der Waals surface area contributed by atoms with E-state index in [0.29, 0.717) is 16.9 Å². The Morgan fingerprint density at radius 3 is 2.11 bits per heavy atom. The molecule has 0 spiro atoms. The van der Waals surface area contributed by atoms with Crippen LogP contribution in [0, 0.1) is 11.3 Å². The van der Waals surface area contributed by atoms with E-state index in [0.717, 1.165) is 11.1 Å². The standard InChI is InChI=1S/C22H29NO3Si/c1-21(2,3)27-26-22(4,5)18-10-7-15(8-11-18)20(24)16-9-12-19(25-6)17(13-16)14-23/h7-13,20,24H,27H2,1-6H3. The smallest absolute Gasteiger partial charge is 0.168 e. The SMILES string of the molecule is COc1ccc(C(O)c2ccc(C(C)(C)O[SiH2]C(C)(C)C)cc2)cc1C#N. The second-order valence-electron chi connectivity index (χ2n) is 8.46. The van der Waals surface area contributed by atoms with Gasteiger partial charge >= 0.3 is 0 Å². The van der Waals surface area contributed by atoms with Crippen molar-refractivity contribution in [2.75, 3.05) is 7.11 Å². The second-order valence-corrected chi connectivity index (χ2v) is 11.2. The molecule has 0 fully saturated rings. The van der Waals surface area contributed by atoms with Gasteiger partial charge in [-0.3, -0.25) is 0 Å².